The van der Waals surface area contributed by atoms with Crippen LogP contribution in [0.1, 0.15) is 36.0 Å². The van der Waals surface area contributed by atoms with Crippen LogP contribution in [0.3, 0.4) is 0 Å². The summed E-state index contributed by atoms with van der Waals surface area (Å²) in [7, 11) is -3.71. The summed E-state index contributed by atoms with van der Waals surface area (Å²) < 4.78 is 54.7. The van der Waals surface area contributed by atoms with Crippen LogP contribution < -0.4 is 0 Å². The van der Waals surface area contributed by atoms with E-state index in [2.05, 4.69) is 0 Å². The first-order valence-electron chi connectivity index (χ1n) is 8.53. The van der Waals surface area contributed by atoms with Crippen molar-refractivity contribution < 1.29 is 17.2 Å². The number of hydrogen-bond donors (Lipinski definition) is 0. The van der Waals surface area contributed by atoms with Crippen LogP contribution in [0, 0.1) is 11.6 Å². The van der Waals surface area contributed by atoms with Crippen LogP contribution in [0.2, 0.25) is 0 Å². The zero-order valence-corrected chi connectivity index (χ0v) is 14.5. The standard InChI is InChI=1S/C19H19F2NO2S/c20-16-6-4-15(19(21)11-16)12-22(17-7-8-17)25(23,24)18-9-5-13-2-1-3-14(13)10-18/h4-6,9-11,17H,1-3,7-8,12H2. The van der Waals surface area contributed by atoms with E-state index in [1.165, 1.54) is 15.9 Å². The minimum absolute atomic E-state index is 0.0732. The summed E-state index contributed by atoms with van der Waals surface area (Å²) in [6, 6.07) is 8.46. The van der Waals surface area contributed by atoms with Crippen molar-refractivity contribution in [1.82, 2.24) is 4.31 Å². The van der Waals surface area contributed by atoms with Gasteiger partial charge in [0.15, 0.2) is 0 Å². The van der Waals surface area contributed by atoms with Crippen LogP contribution in [0.4, 0.5) is 8.78 Å². The molecule has 0 unspecified atom stereocenters. The summed E-state index contributed by atoms with van der Waals surface area (Å²) in [6.07, 6.45) is 4.48. The fourth-order valence-electron chi connectivity index (χ4n) is 3.43. The lowest BCUT2D eigenvalue weighted by Crippen LogP contribution is -2.33. The molecule has 1 saturated carbocycles. The Morgan fingerprint density at radius 1 is 1.00 bits per heavy atom. The van der Waals surface area contributed by atoms with Gasteiger partial charge in [-0.15, -0.1) is 0 Å². The second-order valence-electron chi connectivity index (χ2n) is 6.80. The number of fused-ring (bicyclic) bond motifs is 1. The topological polar surface area (TPSA) is 37.4 Å². The van der Waals surface area contributed by atoms with Crippen molar-refractivity contribution in [2.75, 3.05) is 0 Å². The molecule has 0 bridgehead atoms. The van der Waals surface area contributed by atoms with Crippen LogP contribution in [0.5, 0.6) is 0 Å². The van der Waals surface area contributed by atoms with E-state index >= 15 is 0 Å². The number of rotatable bonds is 5. The Balaban J connectivity index is 1.68. The lowest BCUT2D eigenvalue weighted by molar-refractivity contribution is 0.391. The van der Waals surface area contributed by atoms with Gasteiger partial charge in [0.2, 0.25) is 10.0 Å². The molecular formula is C19H19F2NO2S. The molecule has 0 amide bonds. The first-order chi connectivity index (χ1) is 11.9. The Kier molecular flexibility index (Phi) is 4.12. The maximum atomic E-state index is 14.0. The van der Waals surface area contributed by atoms with E-state index in [1.54, 1.807) is 12.1 Å². The molecule has 0 atom stereocenters. The van der Waals surface area contributed by atoms with Gasteiger partial charge in [-0.3, -0.25) is 0 Å². The minimum atomic E-state index is -3.71. The number of benzene rings is 2. The molecule has 2 aromatic carbocycles. The molecule has 0 spiro atoms. The molecule has 3 nitrogen and oxygen atoms in total. The van der Waals surface area contributed by atoms with E-state index in [0.717, 1.165) is 49.8 Å². The predicted molar refractivity (Wildman–Crippen MR) is 90.6 cm³/mol. The van der Waals surface area contributed by atoms with Gasteiger partial charge in [0.05, 0.1) is 4.90 Å². The molecule has 0 aromatic heterocycles. The summed E-state index contributed by atoms with van der Waals surface area (Å²) in [5, 5.41) is 0. The van der Waals surface area contributed by atoms with E-state index in [-0.39, 0.29) is 23.0 Å². The smallest absolute Gasteiger partial charge is 0.207 e. The highest BCUT2D eigenvalue weighted by Gasteiger charge is 2.38. The number of hydrogen-bond acceptors (Lipinski definition) is 2. The molecule has 25 heavy (non-hydrogen) atoms. The first-order valence-corrected chi connectivity index (χ1v) is 9.97. The van der Waals surface area contributed by atoms with Gasteiger partial charge in [0.25, 0.3) is 0 Å². The monoisotopic (exact) mass is 363 g/mol. The molecule has 0 radical (unpaired) electrons. The van der Waals surface area contributed by atoms with Crippen molar-refractivity contribution in [3.05, 3.63) is 64.7 Å². The molecule has 1 fully saturated rings. The van der Waals surface area contributed by atoms with Gasteiger partial charge in [-0.2, -0.15) is 4.31 Å². The molecule has 132 valence electrons. The second kappa shape index (κ2) is 6.18. The van der Waals surface area contributed by atoms with Crippen LogP contribution in [0.25, 0.3) is 0 Å². The van der Waals surface area contributed by atoms with Gasteiger partial charge in [-0.05, 0) is 61.4 Å². The summed E-state index contributed by atoms with van der Waals surface area (Å²) in [4.78, 5) is 0.266. The van der Waals surface area contributed by atoms with Gasteiger partial charge in [0.1, 0.15) is 11.6 Å². The normalized spacial score (nSPS) is 17.1. The fourth-order valence-corrected chi connectivity index (χ4v) is 5.15. The summed E-state index contributed by atoms with van der Waals surface area (Å²) in [5.74, 6) is -1.38. The second-order valence-corrected chi connectivity index (χ2v) is 8.69. The number of halogens is 2. The zero-order chi connectivity index (χ0) is 17.6. The van der Waals surface area contributed by atoms with Gasteiger partial charge < -0.3 is 0 Å². The number of sulfonamides is 1. The van der Waals surface area contributed by atoms with E-state index in [1.807, 2.05) is 6.07 Å². The molecule has 2 aliphatic carbocycles. The maximum Gasteiger partial charge on any atom is 0.243 e. The van der Waals surface area contributed by atoms with Gasteiger partial charge in [-0.1, -0.05) is 12.1 Å². The van der Waals surface area contributed by atoms with Crippen molar-refractivity contribution in [1.29, 1.82) is 0 Å². The van der Waals surface area contributed by atoms with E-state index in [4.69, 9.17) is 0 Å². The largest absolute Gasteiger partial charge is 0.243 e. The van der Waals surface area contributed by atoms with Crippen LogP contribution in [0.15, 0.2) is 41.3 Å². The average Bonchev–Trinajstić information content (AvgIpc) is 3.29. The molecule has 2 aromatic rings. The highest BCUT2D eigenvalue weighted by molar-refractivity contribution is 7.89. The van der Waals surface area contributed by atoms with Crippen molar-refractivity contribution >= 4 is 10.0 Å². The third-order valence-electron chi connectivity index (χ3n) is 4.97. The zero-order valence-electron chi connectivity index (χ0n) is 13.7. The van der Waals surface area contributed by atoms with Gasteiger partial charge in [-0.25, -0.2) is 17.2 Å². The van der Waals surface area contributed by atoms with Crippen LogP contribution >= 0.6 is 0 Å². The third-order valence-corrected chi connectivity index (χ3v) is 6.87. The molecule has 6 heteroatoms. The maximum absolute atomic E-state index is 14.0. The average molecular weight is 363 g/mol. The minimum Gasteiger partial charge on any atom is -0.207 e. The molecule has 4 rings (SSSR count). The van der Waals surface area contributed by atoms with Crippen molar-refractivity contribution in [3.8, 4) is 0 Å². The summed E-state index contributed by atoms with van der Waals surface area (Å²) in [6.45, 7) is -0.0732. The Morgan fingerprint density at radius 3 is 2.48 bits per heavy atom. The molecule has 0 heterocycles. The van der Waals surface area contributed by atoms with Crippen LogP contribution in [-0.4, -0.2) is 18.8 Å². The van der Waals surface area contributed by atoms with Gasteiger partial charge >= 0.3 is 0 Å². The Morgan fingerprint density at radius 2 is 1.76 bits per heavy atom. The van der Waals surface area contributed by atoms with E-state index in [9.17, 15) is 17.2 Å². The number of aryl methyl sites for hydroxylation is 2. The Hall–Kier alpha value is -1.79. The first kappa shape index (κ1) is 16.7. The Bertz CT molecular complexity index is 923. The molecule has 0 aliphatic heterocycles. The van der Waals surface area contributed by atoms with Crippen molar-refractivity contribution in [2.24, 2.45) is 0 Å². The van der Waals surface area contributed by atoms with Crippen LogP contribution in [-0.2, 0) is 29.4 Å². The molecule has 0 saturated heterocycles. The number of nitrogens with zero attached hydrogens (tertiary/aromatic N) is 1. The third kappa shape index (κ3) is 3.20. The summed E-state index contributed by atoms with van der Waals surface area (Å²) >= 11 is 0. The Labute approximate surface area is 146 Å². The highest BCUT2D eigenvalue weighted by atomic mass is 32.2. The quantitative estimate of drug-likeness (QED) is 0.810. The predicted octanol–water partition coefficient (Wildman–Crippen LogP) is 3.81. The van der Waals surface area contributed by atoms with Gasteiger partial charge in [0, 0.05) is 24.2 Å². The van der Waals surface area contributed by atoms with E-state index < -0.39 is 21.7 Å². The lowest BCUT2D eigenvalue weighted by Gasteiger charge is -2.22. The summed E-state index contributed by atoms with van der Waals surface area (Å²) in [5.41, 5.74) is 2.49. The molecule has 2 aliphatic rings. The van der Waals surface area contributed by atoms with E-state index in [0.29, 0.717) is 0 Å². The SMILES string of the molecule is O=S(=O)(c1ccc2c(c1)CCC2)N(Cc1ccc(F)cc1F)C1CC1. The molecular weight excluding hydrogens is 344 g/mol. The van der Waals surface area contributed by atoms with Crippen molar-refractivity contribution in [3.63, 3.8) is 0 Å². The molecule has 0 N–H and O–H groups in total. The highest BCUT2D eigenvalue weighted by Crippen LogP contribution is 2.35. The fraction of sp³-hybridized carbons (Fsp3) is 0.368. The van der Waals surface area contributed by atoms with Crippen molar-refractivity contribution in [2.45, 2.75) is 49.6 Å². The lowest BCUT2D eigenvalue weighted by atomic mass is 10.1.